The zero-order chi connectivity index (χ0) is 25.6. The van der Waals surface area contributed by atoms with E-state index in [0.29, 0.717) is 13.0 Å². The standard InChI is InChI=1S/C31H38N2O3/c1-30(2,33-20-17-28(22-33)36-23-24-11-10-16-27(21-24)35-3)18-19-31(29(32)34,25-12-6-4-7-13-25)26-14-8-5-9-15-26/h4-16,21,28H,17-20,22-23H2,1-3H3,(H2,32,34)/t28-/m1/s1. The van der Waals surface area contributed by atoms with Crippen LogP contribution in [0.2, 0.25) is 0 Å². The van der Waals surface area contributed by atoms with Crippen molar-refractivity contribution in [3.63, 3.8) is 0 Å². The molecule has 0 aliphatic carbocycles. The van der Waals surface area contributed by atoms with Gasteiger partial charge in [-0.05, 0) is 61.9 Å². The molecule has 36 heavy (non-hydrogen) atoms. The summed E-state index contributed by atoms with van der Waals surface area (Å²) in [5, 5.41) is 0. The fraction of sp³-hybridized carbons (Fsp3) is 0.387. The zero-order valence-electron chi connectivity index (χ0n) is 21.7. The van der Waals surface area contributed by atoms with Crippen LogP contribution in [-0.4, -0.2) is 42.6 Å². The van der Waals surface area contributed by atoms with Crippen LogP contribution < -0.4 is 10.5 Å². The van der Waals surface area contributed by atoms with Gasteiger partial charge in [0, 0.05) is 18.6 Å². The van der Waals surface area contributed by atoms with Crippen LogP contribution >= 0.6 is 0 Å². The van der Waals surface area contributed by atoms with E-state index in [1.807, 2.05) is 78.9 Å². The van der Waals surface area contributed by atoms with Gasteiger partial charge < -0.3 is 15.2 Å². The Hall–Kier alpha value is -3.15. The van der Waals surface area contributed by atoms with Crippen LogP contribution in [0.4, 0.5) is 0 Å². The molecule has 1 saturated heterocycles. The molecule has 3 aromatic carbocycles. The normalized spacial score (nSPS) is 16.7. The number of ether oxygens (including phenoxy) is 2. The van der Waals surface area contributed by atoms with Gasteiger partial charge in [0.1, 0.15) is 5.75 Å². The highest BCUT2D eigenvalue weighted by Gasteiger charge is 2.43. The first-order chi connectivity index (χ1) is 17.3. The molecule has 1 aliphatic rings. The van der Waals surface area contributed by atoms with E-state index in [-0.39, 0.29) is 17.6 Å². The third-order valence-corrected chi connectivity index (χ3v) is 7.69. The molecule has 1 fully saturated rings. The summed E-state index contributed by atoms with van der Waals surface area (Å²) in [6, 6.07) is 27.9. The predicted octanol–water partition coefficient (Wildman–Crippen LogP) is 5.32. The molecule has 0 saturated carbocycles. The minimum absolute atomic E-state index is 0.113. The average Bonchev–Trinajstić information content (AvgIpc) is 3.39. The van der Waals surface area contributed by atoms with Crippen LogP contribution in [0.5, 0.6) is 5.75 Å². The average molecular weight is 487 g/mol. The highest BCUT2D eigenvalue weighted by molar-refractivity contribution is 5.90. The lowest BCUT2D eigenvalue weighted by Crippen LogP contribution is -2.47. The van der Waals surface area contributed by atoms with Gasteiger partial charge in [-0.15, -0.1) is 0 Å². The molecule has 2 N–H and O–H groups in total. The van der Waals surface area contributed by atoms with Gasteiger partial charge in [-0.25, -0.2) is 0 Å². The van der Waals surface area contributed by atoms with E-state index in [2.05, 4.69) is 24.8 Å². The molecular weight excluding hydrogens is 448 g/mol. The highest BCUT2D eigenvalue weighted by atomic mass is 16.5. The van der Waals surface area contributed by atoms with Crippen LogP contribution in [0.25, 0.3) is 0 Å². The number of methoxy groups -OCH3 is 1. The van der Waals surface area contributed by atoms with E-state index < -0.39 is 5.41 Å². The SMILES string of the molecule is COc1cccc(CO[C@@H]2CCN(C(C)(C)CCC(C(N)=O)(c3ccccc3)c3ccccc3)C2)c1. The third-order valence-electron chi connectivity index (χ3n) is 7.69. The molecule has 4 rings (SSSR count). The molecule has 0 aromatic heterocycles. The van der Waals surface area contributed by atoms with E-state index >= 15 is 0 Å². The van der Waals surface area contributed by atoms with Crippen molar-refractivity contribution in [1.29, 1.82) is 0 Å². The zero-order valence-corrected chi connectivity index (χ0v) is 21.7. The number of primary amides is 1. The number of rotatable bonds is 11. The predicted molar refractivity (Wildman–Crippen MR) is 144 cm³/mol. The van der Waals surface area contributed by atoms with Gasteiger partial charge in [-0.3, -0.25) is 9.69 Å². The molecule has 190 valence electrons. The minimum Gasteiger partial charge on any atom is -0.497 e. The summed E-state index contributed by atoms with van der Waals surface area (Å²) in [5.74, 6) is 0.539. The van der Waals surface area contributed by atoms with Crippen LogP contribution in [-0.2, 0) is 21.6 Å². The molecule has 0 unspecified atom stereocenters. The van der Waals surface area contributed by atoms with Crippen molar-refractivity contribution < 1.29 is 14.3 Å². The van der Waals surface area contributed by atoms with Gasteiger partial charge in [0.05, 0.1) is 25.2 Å². The Morgan fingerprint density at radius 3 is 2.17 bits per heavy atom. The Balaban J connectivity index is 1.46. The monoisotopic (exact) mass is 486 g/mol. The first kappa shape index (κ1) is 25.9. The van der Waals surface area contributed by atoms with Crippen molar-refractivity contribution in [3.05, 3.63) is 102 Å². The van der Waals surface area contributed by atoms with Gasteiger partial charge in [0.2, 0.25) is 5.91 Å². The summed E-state index contributed by atoms with van der Waals surface area (Å²) in [5.41, 5.74) is 8.19. The maximum absolute atomic E-state index is 13.2. The van der Waals surface area contributed by atoms with Crippen molar-refractivity contribution in [1.82, 2.24) is 4.90 Å². The Bertz CT molecular complexity index is 1090. The molecule has 1 heterocycles. The summed E-state index contributed by atoms with van der Waals surface area (Å²) in [6.07, 6.45) is 2.63. The van der Waals surface area contributed by atoms with E-state index in [9.17, 15) is 4.79 Å². The number of nitrogens with two attached hydrogens (primary N) is 1. The molecule has 0 bridgehead atoms. The molecular formula is C31H38N2O3. The van der Waals surface area contributed by atoms with Crippen LogP contribution in [0.1, 0.15) is 49.8 Å². The van der Waals surface area contributed by atoms with Crippen molar-refractivity contribution in [2.75, 3.05) is 20.2 Å². The second kappa shape index (κ2) is 11.3. The van der Waals surface area contributed by atoms with Crippen molar-refractivity contribution in [2.45, 2.75) is 56.8 Å². The topological polar surface area (TPSA) is 64.8 Å². The van der Waals surface area contributed by atoms with Crippen LogP contribution in [0, 0.1) is 0 Å². The van der Waals surface area contributed by atoms with Gasteiger partial charge in [-0.2, -0.15) is 0 Å². The fourth-order valence-electron chi connectivity index (χ4n) is 5.35. The lowest BCUT2D eigenvalue weighted by Gasteiger charge is -2.40. The number of likely N-dealkylation sites (tertiary alicyclic amines) is 1. The van der Waals surface area contributed by atoms with Gasteiger partial charge in [0.15, 0.2) is 0 Å². The van der Waals surface area contributed by atoms with Gasteiger partial charge in [0.25, 0.3) is 0 Å². The Morgan fingerprint density at radius 1 is 0.944 bits per heavy atom. The molecule has 1 amide bonds. The molecule has 0 radical (unpaired) electrons. The number of hydrogen-bond donors (Lipinski definition) is 1. The van der Waals surface area contributed by atoms with E-state index in [1.165, 1.54) is 0 Å². The van der Waals surface area contributed by atoms with Crippen molar-refractivity contribution in [2.24, 2.45) is 5.73 Å². The second-order valence-corrected chi connectivity index (χ2v) is 10.3. The largest absolute Gasteiger partial charge is 0.497 e. The second-order valence-electron chi connectivity index (χ2n) is 10.3. The maximum atomic E-state index is 13.2. The van der Waals surface area contributed by atoms with Crippen LogP contribution in [0.3, 0.4) is 0 Å². The Morgan fingerprint density at radius 2 is 1.58 bits per heavy atom. The molecule has 5 heteroatoms. The summed E-state index contributed by atoms with van der Waals surface area (Å²) < 4.78 is 11.6. The lowest BCUT2D eigenvalue weighted by atomic mass is 9.69. The summed E-state index contributed by atoms with van der Waals surface area (Å²) in [4.78, 5) is 15.6. The smallest absolute Gasteiger partial charge is 0.232 e. The van der Waals surface area contributed by atoms with Crippen molar-refractivity contribution >= 4 is 5.91 Å². The first-order valence-corrected chi connectivity index (χ1v) is 12.8. The summed E-state index contributed by atoms with van der Waals surface area (Å²) in [7, 11) is 1.68. The number of amides is 1. The quantitative estimate of drug-likeness (QED) is 0.399. The van der Waals surface area contributed by atoms with E-state index in [1.54, 1.807) is 7.11 Å². The van der Waals surface area contributed by atoms with E-state index in [4.69, 9.17) is 15.2 Å². The summed E-state index contributed by atoms with van der Waals surface area (Å²) >= 11 is 0. The lowest BCUT2D eigenvalue weighted by molar-refractivity contribution is -0.122. The van der Waals surface area contributed by atoms with E-state index in [0.717, 1.165) is 48.4 Å². The first-order valence-electron chi connectivity index (χ1n) is 12.8. The van der Waals surface area contributed by atoms with Crippen molar-refractivity contribution in [3.8, 4) is 5.75 Å². The summed E-state index contributed by atoms with van der Waals surface area (Å²) in [6.45, 7) is 6.94. The minimum atomic E-state index is -0.873. The number of carbonyl (C=O) groups is 1. The molecule has 1 aliphatic heterocycles. The maximum Gasteiger partial charge on any atom is 0.232 e. The number of nitrogens with zero attached hydrogens (tertiary/aromatic N) is 1. The number of hydrogen-bond acceptors (Lipinski definition) is 4. The van der Waals surface area contributed by atoms with Gasteiger partial charge >= 0.3 is 0 Å². The molecule has 3 aromatic rings. The van der Waals surface area contributed by atoms with Crippen LogP contribution in [0.15, 0.2) is 84.9 Å². The Labute approximate surface area is 215 Å². The molecule has 0 spiro atoms. The molecule has 1 atom stereocenters. The molecule has 5 nitrogen and oxygen atoms in total. The fourth-order valence-corrected chi connectivity index (χ4v) is 5.35. The number of carbonyl (C=O) groups excluding carboxylic acids is 1. The third kappa shape index (κ3) is 5.63. The number of benzene rings is 3. The highest BCUT2D eigenvalue weighted by Crippen LogP contribution is 2.40. The van der Waals surface area contributed by atoms with Gasteiger partial charge in [-0.1, -0.05) is 72.8 Å². The Kier molecular flexibility index (Phi) is 8.12.